The SMILES string of the molecule is CC(C)CC1NCCc2ccc(NC(=O)c3ccc4cc(C#N)ccc4c3)cc21. The Labute approximate surface area is 171 Å². The number of rotatable bonds is 4. The van der Waals surface area contributed by atoms with Crippen molar-refractivity contribution in [2.45, 2.75) is 32.7 Å². The average molecular weight is 383 g/mol. The Morgan fingerprint density at radius 2 is 1.93 bits per heavy atom. The second-order valence-electron chi connectivity index (χ2n) is 8.14. The summed E-state index contributed by atoms with van der Waals surface area (Å²) in [4.78, 5) is 12.8. The summed E-state index contributed by atoms with van der Waals surface area (Å²) < 4.78 is 0. The van der Waals surface area contributed by atoms with Crippen molar-refractivity contribution in [3.8, 4) is 6.07 Å². The molecular formula is C25H25N3O. The molecule has 1 unspecified atom stereocenters. The lowest BCUT2D eigenvalue weighted by Gasteiger charge is -2.29. The number of carbonyl (C=O) groups excluding carboxylic acids is 1. The minimum Gasteiger partial charge on any atom is -0.322 e. The Morgan fingerprint density at radius 1 is 1.14 bits per heavy atom. The minimum absolute atomic E-state index is 0.125. The van der Waals surface area contributed by atoms with E-state index in [2.05, 4.69) is 42.7 Å². The molecule has 4 nitrogen and oxygen atoms in total. The summed E-state index contributed by atoms with van der Waals surface area (Å²) in [7, 11) is 0. The third-order valence-corrected chi connectivity index (χ3v) is 5.50. The van der Waals surface area contributed by atoms with Gasteiger partial charge in [0.2, 0.25) is 0 Å². The van der Waals surface area contributed by atoms with E-state index in [1.807, 2.05) is 30.3 Å². The van der Waals surface area contributed by atoms with Gasteiger partial charge in [-0.3, -0.25) is 4.79 Å². The lowest BCUT2D eigenvalue weighted by Crippen LogP contribution is -2.30. The Hall–Kier alpha value is -3.16. The first kappa shape index (κ1) is 19.2. The zero-order valence-corrected chi connectivity index (χ0v) is 16.8. The molecule has 3 aromatic carbocycles. The molecule has 3 aromatic rings. The molecule has 1 aliphatic heterocycles. The number of fused-ring (bicyclic) bond motifs is 2. The number of anilines is 1. The van der Waals surface area contributed by atoms with Crippen LogP contribution in [-0.2, 0) is 6.42 Å². The molecule has 1 amide bonds. The predicted octanol–water partition coefficient (Wildman–Crippen LogP) is 5.20. The highest BCUT2D eigenvalue weighted by Crippen LogP contribution is 2.30. The van der Waals surface area contributed by atoms with Crippen LogP contribution in [0, 0.1) is 17.2 Å². The van der Waals surface area contributed by atoms with Crippen molar-refractivity contribution in [3.05, 3.63) is 76.9 Å². The van der Waals surface area contributed by atoms with E-state index in [0.29, 0.717) is 23.1 Å². The Balaban J connectivity index is 1.57. The molecule has 2 N–H and O–H groups in total. The van der Waals surface area contributed by atoms with Crippen LogP contribution in [0.1, 0.15) is 53.4 Å². The van der Waals surface area contributed by atoms with Gasteiger partial charge in [0, 0.05) is 17.3 Å². The smallest absolute Gasteiger partial charge is 0.255 e. The van der Waals surface area contributed by atoms with E-state index >= 15 is 0 Å². The van der Waals surface area contributed by atoms with Crippen molar-refractivity contribution in [1.29, 1.82) is 5.26 Å². The van der Waals surface area contributed by atoms with Crippen molar-refractivity contribution >= 4 is 22.4 Å². The van der Waals surface area contributed by atoms with Crippen molar-refractivity contribution < 1.29 is 4.79 Å². The van der Waals surface area contributed by atoms with Crippen LogP contribution >= 0.6 is 0 Å². The molecule has 0 fully saturated rings. The molecular weight excluding hydrogens is 358 g/mol. The molecule has 4 heteroatoms. The number of nitrogens with one attached hydrogen (secondary N) is 2. The summed E-state index contributed by atoms with van der Waals surface area (Å²) in [6, 6.07) is 19.8. The van der Waals surface area contributed by atoms with E-state index in [-0.39, 0.29) is 5.91 Å². The molecule has 4 rings (SSSR count). The van der Waals surface area contributed by atoms with Crippen molar-refractivity contribution in [2.75, 3.05) is 11.9 Å². The van der Waals surface area contributed by atoms with Crippen molar-refractivity contribution in [3.63, 3.8) is 0 Å². The summed E-state index contributed by atoms with van der Waals surface area (Å²) in [5, 5.41) is 17.6. The highest BCUT2D eigenvalue weighted by molar-refractivity contribution is 6.06. The van der Waals surface area contributed by atoms with Crippen molar-refractivity contribution in [1.82, 2.24) is 5.32 Å². The molecule has 1 atom stereocenters. The van der Waals surface area contributed by atoms with Gasteiger partial charge in [-0.15, -0.1) is 0 Å². The van der Waals surface area contributed by atoms with Crippen LogP contribution in [0.3, 0.4) is 0 Å². The summed E-state index contributed by atoms with van der Waals surface area (Å²) in [5.74, 6) is 0.483. The quantitative estimate of drug-likeness (QED) is 0.651. The van der Waals surface area contributed by atoms with E-state index in [4.69, 9.17) is 5.26 Å². The van der Waals surface area contributed by atoms with Gasteiger partial charge in [0.15, 0.2) is 0 Å². The lowest BCUT2D eigenvalue weighted by molar-refractivity contribution is 0.102. The fourth-order valence-electron chi connectivity index (χ4n) is 4.06. The number of amides is 1. The number of nitrogens with zero attached hydrogens (tertiary/aromatic N) is 1. The first-order chi connectivity index (χ1) is 14.0. The maximum absolute atomic E-state index is 12.8. The molecule has 29 heavy (non-hydrogen) atoms. The van der Waals surface area contributed by atoms with Crippen LogP contribution in [0.15, 0.2) is 54.6 Å². The van der Waals surface area contributed by atoms with Gasteiger partial charge in [-0.05, 0) is 83.6 Å². The fourth-order valence-corrected chi connectivity index (χ4v) is 4.06. The summed E-state index contributed by atoms with van der Waals surface area (Å²) >= 11 is 0. The van der Waals surface area contributed by atoms with E-state index in [9.17, 15) is 4.79 Å². The molecule has 1 aliphatic rings. The third-order valence-electron chi connectivity index (χ3n) is 5.50. The van der Waals surface area contributed by atoms with Crippen LogP contribution in [0.25, 0.3) is 10.8 Å². The molecule has 0 saturated heterocycles. The normalized spacial score (nSPS) is 15.7. The lowest BCUT2D eigenvalue weighted by atomic mass is 9.89. The molecule has 0 aromatic heterocycles. The number of nitriles is 1. The maximum Gasteiger partial charge on any atom is 0.255 e. The second kappa shape index (κ2) is 8.06. The van der Waals surface area contributed by atoms with Crippen LogP contribution in [0.5, 0.6) is 0 Å². The van der Waals surface area contributed by atoms with Gasteiger partial charge in [-0.2, -0.15) is 5.26 Å². The van der Waals surface area contributed by atoms with E-state index in [1.54, 1.807) is 12.1 Å². The standard InChI is InChI=1S/C25H25N3O/c1-16(2)11-24-23-14-22(8-7-18(23)9-10-27-24)28-25(29)21-6-5-19-12-17(15-26)3-4-20(19)13-21/h3-8,12-14,16,24,27H,9-11H2,1-2H3,(H,28,29). The van der Waals surface area contributed by atoms with E-state index in [0.717, 1.165) is 35.8 Å². The monoisotopic (exact) mass is 383 g/mol. The van der Waals surface area contributed by atoms with Crippen LogP contribution in [0.4, 0.5) is 5.69 Å². The molecule has 0 saturated carbocycles. The zero-order valence-electron chi connectivity index (χ0n) is 16.8. The van der Waals surface area contributed by atoms with Crippen LogP contribution in [0.2, 0.25) is 0 Å². The largest absolute Gasteiger partial charge is 0.322 e. The number of carbonyl (C=O) groups is 1. The summed E-state index contributed by atoms with van der Waals surface area (Å²) in [5.41, 5.74) is 4.72. The third kappa shape index (κ3) is 4.16. The van der Waals surface area contributed by atoms with Crippen LogP contribution < -0.4 is 10.6 Å². The number of benzene rings is 3. The highest BCUT2D eigenvalue weighted by atomic mass is 16.1. The van der Waals surface area contributed by atoms with Gasteiger partial charge in [0.25, 0.3) is 5.91 Å². The molecule has 0 radical (unpaired) electrons. The van der Waals surface area contributed by atoms with Gasteiger partial charge in [0.05, 0.1) is 11.6 Å². The number of hydrogen-bond acceptors (Lipinski definition) is 3. The Kier molecular flexibility index (Phi) is 5.33. The minimum atomic E-state index is -0.125. The van der Waals surface area contributed by atoms with Gasteiger partial charge in [-0.1, -0.05) is 32.0 Å². The Bertz CT molecular complexity index is 1110. The van der Waals surface area contributed by atoms with Gasteiger partial charge < -0.3 is 10.6 Å². The first-order valence-corrected chi connectivity index (χ1v) is 10.1. The van der Waals surface area contributed by atoms with E-state index < -0.39 is 0 Å². The predicted molar refractivity (Wildman–Crippen MR) is 117 cm³/mol. The van der Waals surface area contributed by atoms with Gasteiger partial charge >= 0.3 is 0 Å². The van der Waals surface area contributed by atoms with Crippen molar-refractivity contribution in [2.24, 2.45) is 5.92 Å². The van der Waals surface area contributed by atoms with Crippen LogP contribution in [-0.4, -0.2) is 12.5 Å². The fraction of sp³-hybridized carbons (Fsp3) is 0.280. The molecule has 0 aliphatic carbocycles. The summed E-state index contributed by atoms with van der Waals surface area (Å²) in [6.07, 6.45) is 2.10. The topological polar surface area (TPSA) is 64.9 Å². The van der Waals surface area contributed by atoms with E-state index in [1.165, 1.54) is 11.1 Å². The zero-order chi connectivity index (χ0) is 20.4. The second-order valence-corrected chi connectivity index (χ2v) is 8.14. The Morgan fingerprint density at radius 3 is 2.72 bits per heavy atom. The first-order valence-electron chi connectivity index (χ1n) is 10.1. The van der Waals surface area contributed by atoms with Gasteiger partial charge in [0.1, 0.15) is 0 Å². The molecule has 0 spiro atoms. The molecule has 0 bridgehead atoms. The maximum atomic E-state index is 12.8. The summed E-state index contributed by atoms with van der Waals surface area (Å²) in [6.45, 7) is 5.47. The van der Waals surface area contributed by atoms with Gasteiger partial charge in [-0.25, -0.2) is 0 Å². The number of hydrogen-bond donors (Lipinski definition) is 2. The average Bonchev–Trinajstić information content (AvgIpc) is 2.73. The highest BCUT2D eigenvalue weighted by Gasteiger charge is 2.21. The molecule has 146 valence electrons. The molecule has 1 heterocycles.